The predicted molar refractivity (Wildman–Crippen MR) is 88.0 cm³/mol. The lowest BCUT2D eigenvalue weighted by atomic mass is 9.64. The molecule has 3 atom stereocenters. The number of nitrogens with one attached hydrogen (secondary N) is 1. The van der Waals surface area contributed by atoms with Crippen molar-refractivity contribution >= 4 is 0 Å². The van der Waals surface area contributed by atoms with Gasteiger partial charge in [-0.25, -0.2) is 4.39 Å². The Labute approximate surface area is 129 Å². The molecule has 1 aliphatic rings. The third-order valence-corrected chi connectivity index (χ3v) is 5.60. The molecule has 1 aromatic carbocycles. The van der Waals surface area contributed by atoms with E-state index in [1.165, 1.54) is 37.7 Å². The second kappa shape index (κ2) is 6.91. The van der Waals surface area contributed by atoms with Gasteiger partial charge in [0.15, 0.2) is 0 Å². The Hall–Kier alpha value is -0.890. The molecular weight excluding hydrogens is 261 g/mol. The summed E-state index contributed by atoms with van der Waals surface area (Å²) in [6.07, 6.45) is 6.66. The van der Waals surface area contributed by atoms with Crippen LogP contribution in [0.2, 0.25) is 0 Å². The number of benzene rings is 1. The summed E-state index contributed by atoms with van der Waals surface area (Å²) in [6.45, 7) is 6.91. The lowest BCUT2D eigenvalue weighted by molar-refractivity contribution is 0.136. The van der Waals surface area contributed by atoms with Gasteiger partial charge in [0.25, 0.3) is 0 Å². The SMILES string of the molecule is CCC1CCCCC1C(NC)C(C)(C)c1ccc(F)cc1. The monoisotopic (exact) mass is 291 g/mol. The smallest absolute Gasteiger partial charge is 0.123 e. The summed E-state index contributed by atoms with van der Waals surface area (Å²) in [5.41, 5.74) is 1.24. The third-order valence-electron chi connectivity index (χ3n) is 5.60. The van der Waals surface area contributed by atoms with Gasteiger partial charge in [-0.15, -0.1) is 0 Å². The Kier molecular flexibility index (Phi) is 5.43. The number of rotatable bonds is 5. The zero-order valence-electron chi connectivity index (χ0n) is 14.0. The Morgan fingerprint density at radius 1 is 1.19 bits per heavy atom. The molecule has 1 N–H and O–H groups in total. The van der Waals surface area contributed by atoms with E-state index in [1.807, 2.05) is 12.1 Å². The molecule has 118 valence electrons. The first-order valence-electron chi connectivity index (χ1n) is 8.44. The molecule has 21 heavy (non-hydrogen) atoms. The van der Waals surface area contributed by atoms with Gasteiger partial charge < -0.3 is 5.32 Å². The summed E-state index contributed by atoms with van der Waals surface area (Å²) in [5, 5.41) is 3.60. The summed E-state index contributed by atoms with van der Waals surface area (Å²) in [5.74, 6) is 1.38. The van der Waals surface area contributed by atoms with Crippen LogP contribution < -0.4 is 5.32 Å². The summed E-state index contributed by atoms with van der Waals surface area (Å²) in [6, 6.07) is 7.50. The summed E-state index contributed by atoms with van der Waals surface area (Å²) < 4.78 is 13.2. The van der Waals surface area contributed by atoms with Gasteiger partial charge in [0.1, 0.15) is 5.82 Å². The van der Waals surface area contributed by atoms with Crippen molar-refractivity contribution in [2.75, 3.05) is 7.05 Å². The molecule has 0 aromatic heterocycles. The molecular formula is C19H30FN. The number of hydrogen-bond acceptors (Lipinski definition) is 1. The molecule has 0 bridgehead atoms. The predicted octanol–water partition coefficient (Wildman–Crippen LogP) is 4.91. The van der Waals surface area contributed by atoms with Crippen molar-refractivity contribution in [3.63, 3.8) is 0 Å². The normalized spacial score (nSPS) is 24.8. The van der Waals surface area contributed by atoms with Crippen molar-refractivity contribution in [1.82, 2.24) is 5.32 Å². The number of likely N-dealkylation sites (N-methyl/N-ethyl adjacent to an activating group) is 1. The second-order valence-corrected chi connectivity index (χ2v) is 7.11. The molecule has 3 unspecified atom stereocenters. The standard InChI is InChI=1S/C19H30FN/c1-5-14-8-6-7-9-17(14)18(21-4)19(2,3)15-10-12-16(20)13-11-15/h10-14,17-18,21H,5-9H2,1-4H3. The highest BCUT2D eigenvalue weighted by molar-refractivity contribution is 5.27. The highest BCUT2D eigenvalue weighted by atomic mass is 19.1. The fourth-order valence-corrected chi connectivity index (χ4v) is 4.35. The quantitative estimate of drug-likeness (QED) is 0.813. The van der Waals surface area contributed by atoms with Crippen LogP contribution in [-0.4, -0.2) is 13.1 Å². The highest BCUT2D eigenvalue weighted by Gasteiger charge is 2.39. The molecule has 1 aromatic rings. The minimum Gasteiger partial charge on any atom is -0.316 e. The van der Waals surface area contributed by atoms with Crippen LogP contribution in [0.3, 0.4) is 0 Å². The second-order valence-electron chi connectivity index (χ2n) is 7.11. The summed E-state index contributed by atoms with van der Waals surface area (Å²) in [4.78, 5) is 0. The minimum atomic E-state index is -0.153. The Morgan fingerprint density at radius 2 is 1.81 bits per heavy atom. The maximum absolute atomic E-state index is 13.2. The Bertz CT molecular complexity index is 437. The summed E-state index contributed by atoms with van der Waals surface area (Å²) in [7, 11) is 2.08. The topological polar surface area (TPSA) is 12.0 Å². The first kappa shape index (κ1) is 16.5. The van der Waals surface area contributed by atoms with Crippen LogP contribution >= 0.6 is 0 Å². The van der Waals surface area contributed by atoms with E-state index >= 15 is 0 Å². The molecule has 0 radical (unpaired) electrons. The fourth-order valence-electron chi connectivity index (χ4n) is 4.35. The summed E-state index contributed by atoms with van der Waals surface area (Å²) >= 11 is 0. The molecule has 1 aliphatic carbocycles. The van der Waals surface area contributed by atoms with Crippen LogP contribution in [0.15, 0.2) is 24.3 Å². The first-order chi connectivity index (χ1) is 10.0. The van der Waals surface area contributed by atoms with Crippen LogP contribution in [-0.2, 0) is 5.41 Å². The van der Waals surface area contributed by atoms with Gasteiger partial charge in [0.05, 0.1) is 0 Å². The van der Waals surface area contributed by atoms with Gasteiger partial charge >= 0.3 is 0 Å². The van der Waals surface area contributed by atoms with Crippen molar-refractivity contribution in [2.24, 2.45) is 11.8 Å². The lowest BCUT2D eigenvalue weighted by Crippen LogP contribution is -2.51. The number of halogens is 1. The van der Waals surface area contributed by atoms with E-state index in [-0.39, 0.29) is 11.2 Å². The largest absolute Gasteiger partial charge is 0.316 e. The van der Waals surface area contributed by atoms with Gasteiger partial charge in [-0.1, -0.05) is 58.6 Å². The van der Waals surface area contributed by atoms with E-state index in [0.717, 1.165) is 5.92 Å². The minimum absolute atomic E-state index is 0.0118. The first-order valence-corrected chi connectivity index (χ1v) is 8.44. The van der Waals surface area contributed by atoms with Gasteiger partial charge in [-0.2, -0.15) is 0 Å². The van der Waals surface area contributed by atoms with E-state index in [4.69, 9.17) is 0 Å². The molecule has 0 aliphatic heterocycles. The number of hydrogen-bond donors (Lipinski definition) is 1. The van der Waals surface area contributed by atoms with Crippen LogP contribution in [0.5, 0.6) is 0 Å². The van der Waals surface area contributed by atoms with Gasteiger partial charge in [-0.3, -0.25) is 0 Å². The van der Waals surface area contributed by atoms with E-state index in [2.05, 4.69) is 33.1 Å². The Balaban J connectivity index is 2.27. The van der Waals surface area contributed by atoms with Crippen molar-refractivity contribution < 1.29 is 4.39 Å². The molecule has 2 rings (SSSR count). The maximum atomic E-state index is 13.2. The van der Waals surface area contributed by atoms with Crippen molar-refractivity contribution in [1.29, 1.82) is 0 Å². The van der Waals surface area contributed by atoms with Crippen LogP contribution in [0.4, 0.5) is 4.39 Å². The molecule has 0 amide bonds. The van der Waals surface area contributed by atoms with E-state index in [9.17, 15) is 4.39 Å². The lowest BCUT2D eigenvalue weighted by Gasteiger charge is -2.45. The average Bonchev–Trinajstić information content (AvgIpc) is 2.48. The fraction of sp³-hybridized carbons (Fsp3) is 0.684. The van der Waals surface area contributed by atoms with Crippen LogP contribution in [0, 0.1) is 17.7 Å². The zero-order valence-corrected chi connectivity index (χ0v) is 14.0. The third kappa shape index (κ3) is 3.48. The molecule has 1 fully saturated rings. The molecule has 2 heteroatoms. The maximum Gasteiger partial charge on any atom is 0.123 e. The van der Waals surface area contributed by atoms with E-state index in [0.29, 0.717) is 12.0 Å². The highest BCUT2D eigenvalue weighted by Crippen LogP contribution is 2.41. The Morgan fingerprint density at radius 3 is 2.38 bits per heavy atom. The molecule has 1 saturated carbocycles. The zero-order chi connectivity index (χ0) is 15.5. The van der Waals surface area contributed by atoms with E-state index < -0.39 is 0 Å². The van der Waals surface area contributed by atoms with Crippen molar-refractivity contribution in [3.8, 4) is 0 Å². The van der Waals surface area contributed by atoms with Gasteiger partial charge in [-0.05, 0) is 43.0 Å². The van der Waals surface area contributed by atoms with Crippen LogP contribution in [0.25, 0.3) is 0 Å². The molecule has 0 spiro atoms. The van der Waals surface area contributed by atoms with Crippen molar-refractivity contribution in [2.45, 2.75) is 64.3 Å². The van der Waals surface area contributed by atoms with Crippen LogP contribution in [0.1, 0.15) is 58.4 Å². The molecule has 1 nitrogen and oxygen atoms in total. The molecule has 0 saturated heterocycles. The van der Waals surface area contributed by atoms with E-state index in [1.54, 1.807) is 12.1 Å². The molecule has 0 heterocycles. The van der Waals surface area contributed by atoms with Gasteiger partial charge in [0.2, 0.25) is 0 Å². The average molecular weight is 291 g/mol. The van der Waals surface area contributed by atoms with Gasteiger partial charge in [0, 0.05) is 11.5 Å². The van der Waals surface area contributed by atoms with Crippen molar-refractivity contribution in [3.05, 3.63) is 35.6 Å².